The van der Waals surface area contributed by atoms with Gasteiger partial charge in [-0.25, -0.2) is 9.97 Å². The Labute approximate surface area is 147 Å². The molecule has 25 heavy (non-hydrogen) atoms. The van der Waals surface area contributed by atoms with Gasteiger partial charge in [-0.15, -0.1) is 0 Å². The number of amides is 1. The molecule has 0 aliphatic rings. The van der Waals surface area contributed by atoms with Gasteiger partial charge in [0, 0.05) is 43.6 Å². The number of hydrogen-bond acceptors (Lipinski definition) is 3. The van der Waals surface area contributed by atoms with Crippen molar-refractivity contribution >= 4 is 11.6 Å². The summed E-state index contributed by atoms with van der Waals surface area (Å²) in [6, 6.07) is 5.79. The zero-order valence-electron chi connectivity index (χ0n) is 14.8. The van der Waals surface area contributed by atoms with Crippen LogP contribution < -0.4 is 4.90 Å². The molecule has 2 aromatic heterocycles. The van der Waals surface area contributed by atoms with Crippen molar-refractivity contribution in [3.8, 4) is 0 Å². The number of aromatic nitrogens is 4. The summed E-state index contributed by atoms with van der Waals surface area (Å²) in [5.74, 6) is 0.0514. The number of benzene rings is 1. The van der Waals surface area contributed by atoms with E-state index in [-0.39, 0.29) is 11.9 Å². The molecule has 0 saturated heterocycles. The molecule has 0 fully saturated rings. The summed E-state index contributed by atoms with van der Waals surface area (Å²) in [7, 11) is 0. The van der Waals surface area contributed by atoms with E-state index in [0.29, 0.717) is 13.1 Å². The summed E-state index contributed by atoms with van der Waals surface area (Å²) in [4.78, 5) is 23.3. The maximum absolute atomic E-state index is 13.3. The SMILES string of the molecule is Cc1cccc(C)c1N(CCn1ccnc1)C(=O)C(C)n1ccnc1. The molecule has 1 atom stereocenters. The van der Waals surface area contributed by atoms with Crippen molar-refractivity contribution in [3.63, 3.8) is 0 Å². The van der Waals surface area contributed by atoms with Crippen LogP contribution in [0.15, 0.2) is 55.6 Å². The first kappa shape index (κ1) is 17.0. The predicted molar refractivity (Wildman–Crippen MR) is 97.4 cm³/mol. The van der Waals surface area contributed by atoms with Crippen LogP contribution in [0.5, 0.6) is 0 Å². The largest absolute Gasteiger partial charge is 0.336 e. The van der Waals surface area contributed by atoms with Crippen LogP contribution in [0.1, 0.15) is 24.1 Å². The van der Waals surface area contributed by atoms with Crippen LogP contribution in [0.25, 0.3) is 0 Å². The fraction of sp³-hybridized carbons (Fsp3) is 0.316. The maximum atomic E-state index is 13.3. The topological polar surface area (TPSA) is 56.0 Å². The summed E-state index contributed by atoms with van der Waals surface area (Å²) in [6.07, 6.45) is 10.6. The zero-order chi connectivity index (χ0) is 17.8. The predicted octanol–water partition coefficient (Wildman–Crippen LogP) is 2.99. The number of nitrogens with zero attached hydrogens (tertiary/aromatic N) is 5. The Morgan fingerprint density at radius 2 is 1.80 bits per heavy atom. The number of carbonyl (C=O) groups excluding carboxylic acids is 1. The monoisotopic (exact) mass is 337 g/mol. The summed E-state index contributed by atoms with van der Waals surface area (Å²) in [6.45, 7) is 7.27. The minimum absolute atomic E-state index is 0.0514. The molecule has 0 aliphatic carbocycles. The van der Waals surface area contributed by atoms with Crippen LogP contribution in [0.4, 0.5) is 5.69 Å². The van der Waals surface area contributed by atoms with Crippen molar-refractivity contribution < 1.29 is 4.79 Å². The minimum Gasteiger partial charge on any atom is -0.336 e. The molecule has 1 aromatic carbocycles. The number of rotatable bonds is 6. The van der Waals surface area contributed by atoms with Gasteiger partial charge in [-0.3, -0.25) is 4.79 Å². The van der Waals surface area contributed by atoms with Gasteiger partial charge in [0.25, 0.3) is 0 Å². The molecule has 0 N–H and O–H groups in total. The van der Waals surface area contributed by atoms with Gasteiger partial charge in [0.05, 0.1) is 12.7 Å². The van der Waals surface area contributed by atoms with Gasteiger partial charge in [0.1, 0.15) is 6.04 Å². The van der Waals surface area contributed by atoms with E-state index in [1.165, 1.54) is 0 Å². The van der Waals surface area contributed by atoms with E-state index < -0.39 is 0 Å². The zero-order valence-corrected chi connectivity index (χ0v) is 14.8. The molecule has 3 aromatic rings. The average Bonchev–Trinajstić information content (AvgIpc) is 3.29. The highest BCUT2D eigenvalue weighted by Gasteiger charge is 2.25. The number of aryl methyl sites for hydroxylation is 2. The number of imidazole rings is 2. The van der Waals surface area contributed by atoms with Crippen molar-refractivity contribution in [1.29, 1.82) is 0 Å². The average molecular weight is 337 g/mol. The first-order valence-corrected chi connectivity index (χ1v) is 8.38. The Morgan fingerprint density at radius 1 is 1.12 bits per heavy atom. The molecule has 1 amide bonds. The van der Waals surface area contributed by atoms with E-state index in [2.05, 4.69) is 9.97 Å². The fourth-order valence-electron chi connectivity index (χ4n) is 3.05. The van der Waals surface area contributed by atoms with Crippen LogP contribution >= 0.6 is 0 Å². The minimum atomic E-state index is -0.315. The first-order valence-electron chi connectivity index (χ1n) is 8.38. The third-order valence-electron chi connectivity index (χ3n) is 4.45. The molecule has 0 bridgehead atoms. The fourth-order valence-corrected chi connectivity index (χ4v) is 3.05. The summed E-state index contributed by atoms with van der Waals surface area (Å²) >= 11 is 0. The van der Waals surface area contributed by atoms with Crippen LogP contribution in [0.2, 0.25) is 0 Å². The lowest BCUT2D eigenvalue weighted by Gasteiger charge is -2.29. The Hall–Kier alpha value is -2.89. The second-order valence-corrected chi connectivity index (χ2v) is 6.22. The van der Waals surface area contributed by atoms with E-state index in [4.69, 9.17) is 0 Å². The highest BCUT2D eigenvalue weighted by Crippen LogP contribution is 2.27. The second kappa shape index (κ2) is 7.34. The molecule has 1 unspecified atom stereocenters. The molecule has 130 valence electrons. The van der Waals surface area contributed by atoms with Crippen molar-refractivity contribution in [2.45, 2.75) is 33.4 Å². The van der Waals surface area contributed by atoms with Gasteiger partial charge >= 0.3 is 0 Å². The third kappa shape index (κ3) is 3.63. The Balaban J connectivity index is 1.92. The van der Waals surface area contributed by atoms with Gasteiger partial charge in [-0.2, -0.15) is 0 Å². The number of anilines is 1. The summed E-state index contributed by atoms with van der Waals surface area (Å²) in [5.41, 5.74) is 3.17. The highest BCUT2D eigenvalue weighted by molar-refractivity contribution is 5.97. The van der Waals surface area contributed by atoms with Crippen molar-refractivity contribution in [2.24, 2.45) is 0 Å². The third-order valence-corrected chi connectivity index (χ3v) is 4.45. The molecular weight excluding hydrogens is 314 g/mol. The lowest BCUT2D eigenvalue weighted by atomic mass is 10.1. The van der Waals surface area contributed by atoms with Crippen LogP contribution in [-0.4, -0.2) is 31.6 Å². The molecule has 6 heteroatoms. The van der Waals surface area contributed by atoms with Gasteiger partial charge in [-0.05, 0) is 31.9 Å². The van der Waals surface area contributed by atoms with Gasteiger partial charge in [-0.1, -0.05) is 18.2 Å². The number of carbonyl (C=O) groups is 1. The Bertz CT molecular complexity index is 803. The standard InChI is InChI=1S/C19H23N5O/c1-15-5-4-6-16(2)18(15)24(12-11-22-9-7-20-13-22)19(25)17(3)23-10-8-21-14-23/h4-10,13-14,17H,11-12H2,1-3H3. The summed E-state index contributed by atoms with van der Waals surface area (Å²) < 4.78 is 3.82. The van der Waals surface area contributed by atoms with Crippen LogP contribution in [-0.2, 0) is 11.3 Å². The molecule has 6 nitrogen and oxygen atoms in total. The molecule has 0 aliphatic heterocycles. The Morgan fingerprint density at radius 3 is 2.40 bits per heavy atom. The normalized spacial score (nSPS) is 12.1. The molecule has 2 heterocycles. The lowest BCUT2D eigenvalue weighted by Crippen LogP contribution is -2.39. The second-order valence-electron chi connectivity index (χ2n) is 6.22. The van der Waals surface area contributed by atoms with Gasteiger partial charge < -0.3 is 14.0 Å². The van der Waals surface area contributed by atoms with E-state index in [1.54, 1.807) is 25.0 Å². The van der Waals surface area contributed by atoms with Crippen LogP contribution in [0, 0.1) is 13.8 Å². The smallest absolute Gasteiger partial charge is 0.249 e. The molecule has 0 spiro atoms. The quantitative estimate of drug-likeness (QED) is 0.695. The van der Waals surface area contributed by atoms with Gasteiger partial charge in [0.15, 0.2) is 0 Å². The maximum Gasteiger partial charge on any atom is 0.249 e. The van der Waals surface area contributed by atoms with E-state index in [0.717, 1.165) is 16.8 Å². The van der Waals surface area contributed by atoms with Crippen molar-refractivity contribution in [2.75, 3.05) is 11.4 Å². The molecule has 0 saturated carbocycles. The van der Waals surface area contributed by atoms with Gasteiger partial charge in [0.2, 0.25) is 5.91 Å². The van der Waals surface area contributed by atoms with E-state index in [1.807, 2.05) is 65.4 Å². The summed E-state index contributed by atoms with van der Waals surface area (Å²) in [5, 5.41) is 0. The number of para-hydroxylation sites is 1. The van der Waals surface area contributed by atoms with E-state index >= 15 is 0 Å². The molecule has 3 rings (SSSR count). The highest BCUT2D eigenvalue weighted by atomic mass is 16.2. The van der Waals surface area contributed by atoms with Crippen molar-refractivity contribution in [1.82, 2.24) is 19.1 Å². The van der Waals surface area contributed by atoms with Crippen LogP contribution in [0.3, 0.4) is 0 Å². The Kier molecular flexibility index (Phi) is 4.97. The molecular formula is C19H23N5O. The lowest BCUT2D eigenvalue weighted by molar-refractivity contribution is -0.121. The van der Waals surface area contributed by atoms with E-state index in [9.17, 15) is 4.79 Å². The first-order chi connectivity index (χ1) is 12.1. The molecule has 0 radical (unpaired) electrons. The van der Waals surface area contributed by atoms with Crippen molar-refractivity contribution in [3.05, 3.63) is 66.8 Å². The number of hydrogen-bond donors (Lipinski definition) is 0.